The van der Waals surface area contributed by atoms with Crippen LogP contribution < -0.4 is 20.1 Å². The number of carbonyl (C=O) groups is 1. The number of amides is 1. The lowest BCUT2D eigenvalue weighted by atomic mass is 9.91. The first-order valence-corrected chi connectivity index (χ1v) is 14.0. The van der Waals surface area contributed by atoms with Gasteiger partial charge < -0.3 is 20.1 Å². The summed E-state index contributed by atoms with van der Waals surface area (Å²) in [5, 5.41) is 9.37. The molecule has 41 heavy (non-hydrogen) atoms. The van der Waals surface area contributed by atoms with Crippen LogP contribution in [0.1, 0.15) is 35.3 Å². The smallest absolute Gasteiger partial charge is 0.251 e. The topological polar surface area (TPSA) is 91.8 Å². The van der Waals surface area contributed by atoms with Gasteiger partial charge in [0.2, 0.25) is 0 Å². The van der Waals surface area contributed by atoms with Crippen LogP contribution in [0.4, 0.5) is 15.8 Å². The number of aryl methyl sites for hydroxylation is 1. The van der Waals surface area contributed by atoms with Crippen molar-refractivity contribution in [3.8, 4) is 16.9 Å². The van der Waals surface area contributed by atoms with Crippen molar-refractivity contribution in [2.75, 3.05) is 30.2 Å². The van der Waals surface area contributed by atoms with E-state index in [1.165, 1.54) is 30.1 Å². The molecule has 0 unspecified atom stereocenters. The van der Waals surface area contributed by atoms with Gasteiger partial charge in [-0.2, -0.15) is 0 Å². The summed E-state index contributed by atoms with van der Waals surface area (Å²) in [5.41, 5.74) is 5.18. The summed E-state index contributed by atoms with van der Waals surface area (Å²) in [6, 6.07) is 25.4. The monoisotopic (exact) mass is 572 g/mol. The van der Waals surface area contributed by atoms with Crippen LogP contribution in [-0.4, -0.2) is 26.1 Å². The first-order chi connectivity index (χ1) is 19.7. The Labute approximate surface area is 244 Å². The summed E-state index contributed by atoms with van der Waals surface area (Å²) in [5.74, 6) is -0.0127. The number of nitrogens with zero attached hydrogens (tertiary/aromatic N) is 1. The van der Waals surface area contributed by atoms with Gasteiger partial charge in [-0.1, -0.05) is 35.5 Å². The highest BCUT2D eigenvalue weighted by Gasteiger charge is 2.22. The normalized spacial score (nSPS) is 11.0. The lowest BCUT2D eigenvalue weighted by Gasteiger charge is -2.18. The Morgan fingerprint density at radius 1 is 0.951 bits per heavy atom. The zero-order valence-corrected chi connectivity index (χ0v) is 24.3. The van der Waals surface area contributed by atoms with E-state index in [9.17, 15) is 14.1 Å². The van der Waals surface area contributed by atoms with Crippen LogP contribution in [0.5, 0.6) is 5.75 Å². The molecule has 9 heteroatoms. The second kappa shape index (κ2) is 13.3. The third-order valence-electron chi connectivity index (χ3n) is 6.59. The summed E-state index contributed by atoms with van der Waals surface area (Å²) in [4.78, 5) is 24.5. The Hall–Kier alpha value is -4.37. The molecule has 4 aromatic rings. The zero-order valence-electron chi connectivity index (χ0n) is 23.5. The van der Waals surface area contributed by atoms with Crippen LogP contribution in [0.3, 0.4) is 0 Å². The van der Waals surface area contributed by atoms with Gasteiger partial charge in [-0.15, -0.1) is 4.91 Å². The molecule has 0 aliphatic carbocycles. The SMILES string of the molecule is COc1cc(C)c(-c2cccc(C(C)(C)N=O)c2)cc1SNc1cccc(NCCNC(=O)c2cccc(F)c2)c1. The van der Waals surface area contributed by atoms with Crippen molar-refractivity contribution in [1.29, 1.82) is 0 Å². The van der Waals surface area contributed by atoms with Crippen LogP contribution in [0.25, 0.3) is 11.1 Å². The predicted octanol–water partition coefficient (Wildman–Crippen LogP) is 7.77. The minimum Gasteiger partial charge on any atom is -0.496 e. The average Bonchev–Trinajstić information content (AvgIpc) is 2.98. The molecule has 0 aliphatic rings. The first kappa shape index (κ1) is 29.6. The van der Waals surface area contributed by atoms with Crippen molar-refractivity contribution in [2.45, 2.75) is 31.2 Å². The lowest BCUT2D eigenvalue weighted by molar-refractivity contribution is 0.0954. The van der Waals surface area contributed by atoms with E-state index in [2.05, 4.69) is 26.6 Å². The summed E-state index contributed by atoms with van der Waals surface area (Å²) in [6.45, 7) is 6.52. The van der Waals surface area contributed by atoms with Gasteiger partial charge in [0.05, 0.1) is 12.0 Å². The number of halogens is 1. The van der Waals surface area contributed by atoms with E-state index < -0.39 is 11.4 Å². The van der Waals surface area contributed by atoms with Crippen molar-refractivity contribution in [1.82, 2.24) is 5.32 Å². The molecule has 4 aromatic carbocycles. The Balaban J connectivity index is 1.41. The minimum absolute atomic E-state index is 0.289. The van der Waals surface area contributed by atoms with E-state index in [1.807, 2.05) is 61.5 Å². The molecule has 0 saturated heterocycles. The third-order valence-corrected chi connectivity index (χ3v) is 7.46. The quantitative estimate of drug-likeness (QED) is 0.0913. The minimum atomic E-state index is -0.818. The van der Waals surface area contributed by atoms with Crippen LogP contribution in [0.15, 0.2) is 95.0 Å². The number of methoxy groups -OCH3 is 1. The summed E-state index contributed by atoms with van der Waals surface area (Å²) >= 11 is 1.44. The van der Waals surface area contributed by atoms with Gasteiger partial charge in [0.15, 0.2) is 0 Å². The molecule has 212 valence electrons. The molecule has 0 fully saturated rings. The molecule has 1 amide bonds. The fraction of sp³-hybridized carbons (Fsp3) is 0.219. The molecule has 0 radical (unpaired) electrons. The van der Waals surface area contributed by atoms with Gasteiger partial charge >= 0.3 is 0 Å². The Bertz CT molecular complexity index is 1540. The molecule has 0 spiro atoms. The number of anilines is 2. The second-order valence-corrected chi connectivity index (χ2v) is 10.9. The van der Waals surface area contributed by atoms with E-state index in [0.29, 0.717) is 13.1 Å². The molecule has 0 heterocycles. The maximum atomic E-state index is 13.3. The molecule has 0 aromatic heterocycles. The highest BCUT2D eigenvalue weighted by molar-refractivity contribution is 8.00. The largest absolute Gasteiger partial charge is 0.496 e. The molecular formula is C32H33FN4O3S. The molecule has 3 N–H and O–H groups in total. The Kier molecular flexibility index (Phi) is 9.62. The van der Waals surface area contributed by atoms with E-state index in [0.717, 1.165) is 44.3 Å². The fourth-order valence-corrected chi connectivity index (χ4v) is 5.03. The van der Waals surface area contributed by atoms with Gasteiger partial charge in [0, 0.05) is 30.0 Å². The van der Waals surface area contributed by atoms with Crippen molar-refractivity contribution >= 4 is 29.2 Å². The summed E-state index contributed by atoms with van der Waals surface area (Å²) < 4.78 is 22.4. The number of hydrogen-bond donors (Lipinski definition) is 3. The molecule has 7 nitrogen and oxygen atoms in total. The fourth-order valence-electron chi connectivity index (χ4n) is 4.25. The van der Waals surface area contributed by atoms with E-state index in [1.54, 1.807) is 27.0 Å². The number of benzene rings is 4. The third kappa shape index (κ3) is 7.64. The van der Waals surface area contributed by atoms with Crippen molar-refractivity contribution in [3.63, 3.8) is 0 Å². The number of rotatable bonds is 12. The summed E-state index contributed by atoms with van der Waals surface area (Å²) in [6.07, 6.45) is 0. The maximum Gasteiger partial charge on any atom is 0.251 e. The molecule has 0 atom stereocenters. The molecule has 0 bridgehead atoms. The zero-order chi connectivity index (χ0) is 29.4. The van der Waals surface area contributed by atoms with Gasteiger partial charge in [0.25, 0.3) is 5.91 Å². The Morgan fingerprint density at radius 3 is 2.46 bits per heavy atom. The lowest BCUT2D eigenvalue weighted by Crippen LogP contribution is -2.28. The summed E-state index contributed by atoms with van der Waals surface area (Å²) in [7, 11) is 1.65. The number of carbonyl (C=O) groups excluding carboxylic acids is 1. The van der Waals surface area contributed by atoms with Crippen LogP contribution in [0.2, 0.25) is 0 Å². The number of ether oxygens (including phenoxy) is 1. The van der Waals surface area contributed by atoms with Gasteiger partial charge in [-0.25, -0.2) is 4.39 Å². The molecule has 0 aliphatic heterocycles. The second-order valence-electron chi connectivity index (χ2n) is 10.0. The molecular weight excluding hydrogens is 539 g/mol. The standard InChI is InChI=1S/C32H33FN4O3S/c1-21-16-29(40-4)30(20-28(21)22-8-5-10-24(17-22)32(2,3)37-39)41-36-27-13-7-12-26(19-27)34-14-15-35-31(38)23-9-6-11-25(33)18-23/h5-13,16-20,34,36H,14-15H2,1-4H3,(H,35,38). The van der Waals surface area contributed by atoms with Crippen molar-refractivity contribution in [2.24, 2.45) is 5.18 Å². The first-order valence-electron chi connectivity index (χ1n) is 13.1. The van der Waals surface area contributed by atoms with E-state index >= 15 is 0 Å². The van der Waals surface area contributed by atoms with Crippen molar-refractivity contribution in [3.05, 3.63) is 112 Å². The predicted molar refractivity (Wildman–Crippen MR) is 165 cm³/mol. The van der Waals surface area contributed by atoms with E-state index in [4.69, 9.17) is 4.74 Å². The number of nitrogens with one attached hydrogen (secondary N) is 3. The van der Waals surface area contributed by atoms with Gasteiger partial charge in [-0.05, 0) is 110 Å². The van der Waals surface area contributed by atoms with Gasteiger partial charge in [-0.3, -0.25) is 4.79 Å². The van der Waals surface area contributed by atoms with Crippen LogP contribution in [-0.2, 0) is 5.54 Å². The average molecular weight is 573 g/mol. The number of hydrogen-bond acceptors (Lipinski definition) is 7. The highest BCUT2D eigenvalue weighted by atomic mass is 32.2. The van der Waals surface area contributed by atoms with E-state index in [-0.39, 0.29) is 11.5 Å². The van der Waals surface area contributed by atoms with Gasteiger partial charge in [0.1, 0.15) is 17.1 Å². The maximum absolute atomic E-state index is 13.3. The van der Waals surface area contributed by atoms with Crippen molar-refractivity contribution < 1.29 is 13.9 Å². The Morgan fingerprint density at radius 2 is 1.71 bits per heavy atom. The molecule has 4 rings (SSSR count). The number of nitroso groups, excluding NO2 is 1. The highest BCUT2D eigenvalue weighted by Crippen LogP contribution is 2.38. The van der Waals surface area contributed by atoms with Crippen LogP contribution >= 0.6 is 11.9 Å². The van der Waals surface area contributed by atoms with Crippen LogP contribution in [0, 0.1) is 17.6 Å². The molecule has 0 saturated carbocycles.